The van der Waals surface area contributed by atoms with Gasteiger partial charge in [-0.25, -0.2) is 13.4 Å². The summed E-state index contributed by atoms with van der Waals surface area (Å²) in [5.41, 5.74) is 1.34. The van der Waals surface area contributed by atoms with Crippen molar-refractivity contribution in [2.45, 2.75) is 23.8 Å². The molecule has 0 saturated carbocycles. The van der Waals surface area contributed by atoms with Crippen molar-refractivity contribution in [3.63, 3.8) is 0 Å². The highest BCUT2D eigenvalue weighted by Crippen LogP contribution is 2.26. The van der Waals surface area contributed by atoms with Gasteiger partial charge in [-0.05, 0) is 42.7 Å². The molecular weight excluding hydrogens is 438 g/mol. The quantitative estimate of drug-likeness (QED) is 0.605. The topological polar surface area (TPSA) is 108 Å². The van der Waals surface area contributed by atoms with E-state index < -0.39 is 10.0 Å². The molecule has 0 unspecified atom stereocenters. The van der Waals surface area contributed by atoms with Crippen molar-refractivity contribution in [3.05, 3.63) is 83.9 Å². The molecule has 3 aromatic rings. The number of hydrogen-bond acceptors (Lipinski definition) is 5. The van der Waals surface area contributed by atoms with Crippen LogP contribution in [0, 0.1) is 17.2 Å². The van der Waals surface area contributed by atoms with E-state index in [-0.39, 0.29) is 35.9 Å². The minimum atomic E-state index is -3.66. The zero-order valence-electron chi connectivity index (χ0n) is 18.3. The number of imidazole rings is 1. The summed E-state index contributed by atoms with van der Waals surface area (Å²) < 4.78 is 29.2. The second-order valence-electron chi connectivity index (χ2n) is 8.06. The van der Waals surface area contributed by atoms with Gasteiger partial charge >= 0.3 is 0 Å². The third kappa shape index (κ3) is 4.82. The molecule has 2 aromatic carbocycles. The lowest BCUT2D eigenvalue weighted by atomic mass is 9.96. The minimum Gasteiger partial charge on any atom is -0.342 e. The van der Waals surface area contributed by atoms with Crippen LogP contribution in [-0.2, 0) is 21.9 Å². The number of amides is 1. The van der Waals surface area contributed by atoms with E-state index in [0.717, 1.165) is 11.4 Å². The van der Waals surface area contributed by atoms with Crippen molar-refractivity contribution < 1.29 is 13.2 Å². The van der Waals surface area contributed by atoms with Crippen molar-refractivity contribution in [2.24, 2.45) is 13.0 Å². The molecule has 1 amide bonds. The first-order valence-electron chi connectivity index (χ1n) is 10.7. The number of piperidine rings is 1. The molecule has 4 rings (SSSR count). The Balaban J connectivity index is 1.44. The summed E-state index contributed by atoms with van der Waals surface area (Å²) in [6.07, 6.45) is 4.40. The minimum absolute atomic E-state index is 0.109. The van der Waals surface area contributed by atoms with Crippen LogP contribution in [0.25, 0.3) is 0 Å². The summed E-state index contributed by atoms with van der Waals surface area (Å²) in [5, 5.41) is 12.0. The van der Waals surface area contributed by atoms with Gasteiger partial charge in [0.15, 0.2) is 0 Å². The molecule has 1 aromatic heterocycles. The predicted molar refractivity (Wildman–Crippen MR) is 122 cm³/mol. The van der Waals surface area contributed by atoms with Crippen LogP contribution in [0.5, 0.6) is 0 Å². The largest absolute Gasteiger partial charge is 0.342 e. The first-order chi connectivity index (χ1) is 15.9. The van der Waals surface area contributed by atoms with Crippen LogP contribution in [0.3, 0.4) is 0 Å². The third-order valence-corrected chi connectivity index (χ3v) is 7.89. The zero-order valence-corrected chi connectivity index (χ0v) is 19.1. The van der Waals surface area contributed by atoms with Gasteiger partial charge in [-0.2, -0.15) is 9.57 Å². The van der Waals surface area contributed by atoms with Gasteiger partial charge < -0.3 is 9.88 Å². The normalized spacial score (nSPS) is 16.1. The number of carbonyl (C=O) groups excluding carboxylic acids is 1. The monoisotopic (exact) mass is 463 g/mol. The van der Waals surface area contributed by atoms with Gasteiger partial charge in [-0.15, -0.1) is 0 Å². The molecule has 0 aliphatic carbocycles. The molecule has 1 saturated heterocycles. The van der Waals surface area contributed by atoms with Crippen LogP contribution in [0.1, 0.15) is 35.8 Å². The summed E-state index contributed by atoms with van der Waals surface area (Å²) in [5.74, 6) is 0.335. The number of benzene rings is 2. The van der Waals surface area contributed by atoms with Crippen LogP contribution in [0.2, 0.25) is 0 Å². The molecule has 33 heavy (non-hydrogen) atoms. The molecule has 1 atom stereocenters. The molecule has 2 heterocycles. The van der Waals surface area contributed by atoms with Crippen LogP contribution < -0.4 is 5.32 Å². The molecule has 9 heteroatoms. The zero-order chi connectivity index (χ0) is 23.4. The smallest absolute Gasteiger partial charge is 0.243 e. The Bertz CT molecular complexity index is 1260. The van der Waals surface area contributed by atoms with E-state index in [9.17, 15) is 13.2 Å². The maximum Gasteiger partial charge on any atom is 0.243 e. The lowest BCUT2D eigenvalue weighted by Crippen LogP contribution is -2.44. The molecule has 1 N–H and O–H groups in total. The average molecular weight is 464 g/mol. The Kier molecular flexibility index (Phi) is 6.58. The van der Waals surface area contributed by atoms with Crippen molar-refractivity contribution in [2.75, 3.05) is 13.1 Å². The highest BCUT2D eigenvalue weighted by atomic mass is 32.2. The Labute approximate surface area is 193 Å². The number of nitrogens with one attached hydrogen (secondary N) is 1. The fraction of sp³-hybridized carbons (Fsp3) is 0.292. The number of aryl methyl sites for hydroxylation is 1. The summed E-state index contributed by atoms with van der Waals surface area (Å²) in [6.45, 7) is 0.525. The number of sulfonamides is 1. The van der Waals surface area contributed by atoms with Gasteiger partial charge in [0.25, 0.3) is 0 Å². The van der Waals surface area contributed by atoms with E-state index in [0.29, 0.717) is 18.4 Å². The highest BCUT2D eigenvalue weighted by molar-refractivity contribution is 7.89. The third-order valence-electron chi connectivity index (χ3n) is 5.98. The first kappa shape index (κ1) is 22.7. The molecule has 1 fully saturated rings. The van der Waals surface area contributed by atoms with Crippen LogP contribution >= 0.6 is 0 Å². The molecule has 170 valence electrons. The van der Waals surface area contributed by atoms with Crippen molar-refractivity contribution in [1.29, 1.82) is 5.26 Å². The average Bonchev–Trinajstić information content (AvgIpc) is 3.28. The van der Waals surface area contributed by atoms with Gasteiger partial charge in [0.05, 0.1) is 16.5 Å². The summed E-state index contributed by atoms with van der Waals surface area (Å²) in [6, 6.07) is 17.1. The van der Waals surface area contributed by atoms with Crippen LogP contribution in [-0.4, -0.2) is 41.3 Å². The lowest BCUT2D eigenvalue weighted by molar-refractivity contribution is -0.126. The fourth-order valence-corrected chi connectivity index (χ4v) is 5.54. The van der Waals surface area contributed by atoms with Gasteiger partial charge in [0, 0.05) is 38.4 Å². The van der Waals surface area contributed by atoms with Crippen molar-refractivity contribution in [3.8, 4) is 6.07 Å². The standard InChI is InChI=1S/C24H25N5O3S/c1-28-16-13-26-23(28)22(19-5-3-2-4-6-19)27-24(30)20-11-14-29(15-12-20)33(31,32)21-9-7-18(17-25)8-10-21/h2-10,13,16,20,22H,11-12,14-15H2,1H3,(H,27,30)/t22-/m1/s1. The Morgan fingerprint density at radius 3 is 2.36 bits per heavy atom. The van der Waals surface area contributed by atoms with E-state index in [1.54, 1.807) is 6.20 Å². The highest BCUT2D eigenvalue weighted by Gasteiger charge is 2.33. The van der Waals surface area contributed by atoms with E-state index in [4.69, 9.17) is 5.26 Å². The molecule has 8 nitrogen and oxygen atoms in total. The predicted octanol–water partition coefficient (Wildman–Crippen LogP) is 2.60. The SMILES string of the molecule is Cn1ccnc1[C@H](NC(=O)C1CCN(S(=O)(=O)c2ccc(C#N)cc2)CC1)c1ccccc1. The molecule has 0 spiro atoms. The van der Waals surface area contributed by atoms with Crippen LogP contribution in [0.15, 0.2) is 71.9 Å². The Hall–Kier alpha value is -3.48. The molecule has 0 radical (unpaired) electrons. The Morgan fingerprint density at radius 1 is 1.12 bits per heavy atom. The van der Waals surface area contributed by atoms with E-state index in [1.165, 1.54) is 28.6 Å². The first-order valence-corrected chi connectivity index (χ1v) is 12.2. The number of rotatable bonds is 6. The summed E-state index contributed by atoms with van der Waals surface area (Å²) >= 11 is 0. The van der Waals surface area contributed by atoms with Gasteiger partial charge in [0.1, 0.15) is 11.9 Å². The fourth-order valence-electron chi connectivity index (χ4n) is 4.07. The van der Waals surface area contributed by atoms with Gasteiger partial charge in [-0.1, -0.05) is 30.3 Å². The van der Waals surface area contributed by atoms with Crippen LogP contribution in [0.4, 0.5) is 0 Å². The maximum absolute atomic E-state index is 13.1. The summed E-state index contributed by atoms with van der Waals surface area (Å²) in [7, 11) is -1.78. The molecule has 0 bridgehead atoms. The summed E-state index contributed by atoms with van der Waals surface area (Å²) in [4.78, 5) is 17.7. The van der Waals surface area contributed by atoms with Crippen molar-refractivity contribution in [1.82, 2.24) is 19.2 Å². The molecule has 1 aliphatic rings. The van der Waals surface area contributed by atoms with Crippen molar-refractivity contribution >= 4 is 15.9 Å². The number of aromatic nitrogens is 2. The maximum atomic E-state index is 13.1. The second-order valence-corrected chi connectivity index (χ2v) is 10.0. The lowest BCUT2D eigenvalue weighted by Gasteiger charge is -2.31. The number of nitrogens with zero attached hydrogens (tertiary/aromatic N) is 4. The number of carbonyl (C=O) groups is 1. The number of nitriles is 1. The van der Waals surface area contributed by atoms with Gasteiger partial charge in [-0.3, -0.25) is 4.79 Å². The molecular formula is C24H25N5O3S. The second kappa shape index (κ2) is 9.57. The van der Waals surface area contributed by atoms with Gasteiger partial charge in [0.2, 0.25) is 15.9 Å². The Morgan fingerprint density at radius 2 is 1.79 bits per heavy atom. The van der Waals surface area contributed by atoms with E-state index >= 15 is 0 Å². The van der Waals surface area contributed by atoms with E-state index in [2.05, 4.69) is 10.3 Å². The van der Waals surface area contributed by atoms with E-state index in [1.807, 2.05) is 54.2 Å². The molecule has 1 aliphatic heterocycles. The number of hydrogen-bond donors (Lipinski definition) is 1.